The van der Waals surface area contributed by atoms with E-state index in [1.54, 1.807) is 28.4 Å². The molecule has 21 heavy (non-hydrogen) atoms. The molecule has 1 aromatic carbocycles. The summed E-state index contributed by atoms with van der Waals surface area (Å²) in [6, 6.07) is 5.60. The van der Waals surface area contributed by atoms with E-state index < -0.39 is 5.97 Å². The van der Waals surface area contributed by atoms with Gasteiger partial charge in [0.15, 0.2) is 11.5 Å². The quantitative estimate of drug-likeness (QED) is 0.776. The minimum absolute atomic E-state index is 0.190. The predicted octanol–water partition coefficient (Wildman–Crippen LogP) is 1.77. The molecule has 0 bridgehead atoms. The number of ether oxygens (including phenoxy) is 2. The number of benzene rings is 1. The summed E-state index contributed by atoms with van der Waals surface area (Å²) in [6.07, 6.45) is 3.33. The van der Waals surface area contributed by atoms with Crippen molar-refractivity contribution in [3.05, 3.63) is 36.3 Å². The highest BCUT2D eigenvalue weighted by atomic mass is 16.7. The standard InChI is InChI=1S/C14H11N3O4/c1-16-10(13(18)19)6-17-5-9(15-14(16)17)8-2-3-11-12(4-8)21-7-20-11/h2-6H,7H2,1H3,(H,18,19). The fourth-order valence-corrected chi connectivity index (χ4v) is 2.45. The Bertz CT molecular complexity index is 878. The summed E-state index contributed by atoms with van der Waals surface area (Å²) in [4.78, 5) is 15.6. The first-order valence-electron chi connectivity index (χ1n) is 6.31. The number of hydrogen-bond donors (Lipinski definition) is 1. The first-order chi connectivity index (χ1) is 10.1. The van der Waals surface area contributed by atoms with Gasteiger partial charge in [-0.15, -0.1) is 0 Å². The van der Waals surface area contributed by atoms with Gasteiger partial charge in [-0.3, -0.25) is 4.40 Å². The van der Waals surface area contributed by atoms with Crippen molar-refractivity contribution in [2.45, 2.75) is 0 Å². The third-order valence-electron chi connectivity index (χ3n) is 3.52. The Hall–Kier alpha value is -2.96. The number of carboxylic acid groups (broad SMARTS) is 1. The fourth-order valence-electron chi connectivity index (χ4n) is 2.45. The third-order valence-corrected chi connectivity index (χ3v) is 3.52. The topological polar surface area (TPSA) is 78.0 Å². The van der Waals surface area contributed by atoms with E-state index in [0.717, 1.165) is 17.0 Å². The molecule has 106 valence electrons. The maximum absolute atomic E-state index is 11.1. The van der Waals surface area contributed by atoms with Gasteiger partial charge in [-0.25, -0.2) is 9.78 Å². The lowest BCUT2D eigenvalue weighted by molar-refractivity contribution is 0.0686. The van der Waals surface area contributed by atoms with Crippen LogP contribution in [0.3, 0.4) is 0 Å². The van der Waals surface area contributed by atoms with Crippen LogP contribution in [0.4, 0.5) is 0 Å². The molecule has 3 aromatic rings. The lowest BCUT2D eigenvalue weighted by Crippen LogP contribution is -2.04. The van der Waals surface area contributed by atoms with Crippen LogP contribution in [0.5, 0.6) is 11.5 Å². The Morgan fingerprint density at radius 2 is 2.10 bits per heavy atom. The number of aryl methyl sites for hydroxylation is 1. The molecule has 2 aromatic heterocycles. The summed E-state index contributed by atoms with van der Waals surface area (Å²) >= 11 is 0. The summed E-state index contributed by atoms with van der Waals surface area (Å²) in [6.45, 7) is 0.228. The molecule has 1 aliphatic heterocycles. The Morgan fingerprint density at radius 1 is 1.29 bits per heavy atom. The van der Waals surface area contributed by atoms with E-state index in [1.165, 1.54) is 0 Å². The van der Waals surface area contributed by atoms with Gasteiger partial charge in [0.25, 0.3) is 0 Å². The highest BCUT2D eigenvalue weighted by Gasteiger charge is 2.18. The molecule has 1 aliphatic rings. The Morgan fingerprint density at radius 3 is 2.86 bits per heavy atom. The maximum atomic E-state index is 11.1. The molecule has 4 rings (SSSR count). The monoisotopic (exact) mass is 285 g/mol. The SMILES string of the molecule is Cn1c(C(=O)O)cn2cc(-c3ccc4c(c3)OCO4)nc12. The zero-order chi connectivity index (χ0) is 14.6. The van der Waals surface area contributed by atoms with Crippen molar-refractivity contribution < 1.29 is 19.4 Å². The van der Waals surface area contributed by atoms with Crippen LogP contribution >= 0.6 is 0 Å². The van der Waals surface area contributed by atoms with Gasteiger partial charge >= 0.3 is 5.97 Å². The van der Waals surface area contributed by atoms with Gasteiger partial charge in [0.2, 0.25) is 12.6 Å². The lowest BCUT2D eigenvalue weighted by Gasteiger charge is -1.99. The minimum Gasteiger partial charge on any atom is -0.477 e. The molecule has 0 aliphatic carbocycles. The van der Waals surface area contributed by atoms with Crippen LogP contribution in [0.1, 0.15) is 10.5 Å². The summed E-state index contributed by atoms with van der Waals surface area (Å²) in [5.74, 6) is 0.999. The molecular weight excluding hydrogens is 274 g/mol. The van der Waals surface area contributed by atoms with E-state index in [4.69, 9.17) is 14.6 Å². The highest BCUT2D eigenvalue weighted by molar-refractivity contribution is 5.86. The Kier molecular flexibility index (Phi) is 2.26. The lowest BCUT2D eigenvalue weighted by atomic mass is 10.1. The van der Waals surface area contributed by atoms with Crippen LogP contribution in [0, 0.1) is 0 Å². The van der Waals surface area contributed by atoms with Crippen molar-refractivity contribution in [1.82, 2.24) is 14.0 Å². The second-order valence-corrected chi connectivity index (χ2v) is 4.78. The largest absolute Gasteiger partial charge is 0.477 e. The molecule has 0 unspecified atom stereocenters. The van der Waals surface area contributed by atoms with Crippen molar-refractivity contribution in [3.8, 4) is 22.8 Å². The zero-order valence-electron chi connectivity index (χ0n) is 11.1. The second-order valence-electron chi connectivity index (χ2n) is 4.78. The molecule has 0 saturated carbocycles. The molecule has 0 fully saturated rings. The average molecular weight is 285 g/mol. The average Bonchev–Trinajstić information content (AvgIpc) is 3.13. The van der Waals surface area contributed by atoms with Crippen molar-refractivity contribution in [3.63, 3.8) is 0 Å². The van der Waals surface area contributed by atoms with Crippen molar-refractivity contribution in [2.24, 2.45) is 7.05 Å². The van der Waals surface area contributed by atoms with Gasteiger partial charge < -0.3 is 19.1 Å². The van der Waals surface area contributed by atoms with Crippen LogP contribution < -0.4 is 9.47 Å². The van der Waals surface area contributed by atoms with E-state index >= 15 is 0 Å². The highest BCUT2D eigenvalue weighted by Crippen LogP contribution is 2.35. The number of carbonyl (C=O) groups is 1. The Labute approximate surface area is 119 Å². The van der Waals surface area contributed by atoms with Crippen LogP contribution in [0.2, 0.25) is 0 Å². The fraction of sp³-hybridized carbons (Fsp3) is 0.143. The molecule has 0 atom stereocenters. The van der Waals surface area contributed by atoms with E-state index in [0.29, 0.717) is 11.5 Å². The number of imidazole rings is 2. The third kappa shape index (κ3) is 1.67. The van der Waals surface area contributed by atoms with E-state index in [-0.39, 0.29) is 12.5 Å². The maximum Gasteiger partial charge on any atom is 0.354 e. The molecular formula is C14H11N3O4. The molecule has 0 radical (unpaired) electrons. The number of nitrogens with zero attached hydrogens (tertiary/aromatic N) is 3. The van der Waals surface area contributed by atoms with Crippen molar-refractivity contribution >= 4 is 11.7 Å². The first-order valence-corrected chi connectivity index (χ1v) is 6.31. The zero-order valence-corrected chi connectivity index (χ0v) is 11.1. The summed E-state index contributed by atoms with van der Waals surface area (Å²) in [7, 11) is 1.68. The van der Waals surface area contributed by atoms with Crippen LogP contribution in [-0.4, -0.2) is 31.8 Å². The summed E-state index contributed by atoms with van der Waals surface area (Å²) in [5, 5.41) is 9.08. The Balaban J connectivity index is 1.82. The molecule has 0 saturated heterocycles. The summed E-state index contributed by atoms with van der Waals surface area (Å²) in [5.41, 5.74) is 1.82. The molecule has 7 nitrogen and oxygen atoms in total. The van der Waals surface area contributed by atoms with Crippen molar-refractivity contribution in [1.29, 1.82) is 0 Å². The van der Waals surface area contributed by atoms with Crippen LogP contribution in [0.25, 0.3) is 17.0 Å². The first kappa shape index (κ1) is 11.8. The number of aromatic carboxylic acids is 1. The number of fused-ring (bicyclic) bond motifs is 2. The smallest absolute Gasteiger partial charge is 0.354 e. The number of rotatable bonds is 2. The van der Waals surface area contributed by atoms with Gasteiger partial charge in [0.05, 0.1) is 5.69 Å². The molecule has 3 heterocycles. The van der Waals surface area contributed by atoms with Gasteiger partial charge in [0.1, 0.15) is 5.69 Å². The number of hydrogen-bond acceptors (Lipinski definition) is 4. The predicted molar refractivity (Wildman–Crippen MR) is 72.7 cm³/mol. The normalized spacial score (nSPS) is 13.0. The van der Waals surface area contributed by atoms with Crippen LogP contribution in [0.15, 0.2) is 30.6 Å². The summed E-state index contributed by atoms with van der Waals surface area (Å²) < 4.78 is 13.9. The number of carboxylic acids is 1. The molecule has 0 amide bonds. The molecule has 7 heteroatoms. The molecule has 0 spiro atoms. The van der Waals surface area contributed by atoms with Gasteiger partial charge in [0, 0.05) is 25.0 Å². The van der Waals surface area contributed by atoms with E-state index in [9.17, 15) is 4.79 Å². The molecule has 1 N–H and O–H groups in total. The van der Waals surface area contributed by atoms with Crippen LogP contribution in [-0.2, 0) is 7.05 Å². The van der Waals surface area contributed by atoms with E-state index in [1.807, 2.05) is 18.2 Å². The number of aromatic nitrogens is 3. The second kappa shape index (κ2) is 4.02. The van der Waals surface area contributed by atoms with E-state index in [2.05, 4.69) is 4.98 Å². The van der Waals surface area contributed by atoms with Gasteiger partial charge in [-0.2, -0.15) is 0 Å². The van der Waals surface area contributed by atoms with Crippen molar-refractivity contribution in [2.75, 3.05) is 6.79 Å². The minimum atomic E-state index is -0.979. The van der Waals surface area contributed by atoms with Gasteiger partial charge in [-0.1, -0.05) is 0 Å². The van der Waals surface area contributed by atoms with Gasteiger partial charge in [-0.05, 0) is 18.2 Å².